The maximum Gasteiger partial charge on any atom is 0.488 e. The Morgan fingerprint density at radius 2 is 1.98 bits per heavy atom. The van der Waals surface area contributed by atoms with Crippen molar-refractivity contribution in [3.63, 3.8) is 0 Å². The fourth-order valence-corrected chi connectivity index (χ4v) is 5.80. The van der Waals surface area contributed by atoms with Gasteiger partial charge in [-0.05, 0) is 43.8 Å². The largest absolute Gasteiger partial charge is 0.493 e. The quantitative estimate of drug-likeness (QED) is 0.206. The molecule has 41 heavy (non-hydrogen) atoms. The van der Waals surface area contributed by atoms with Crippen LogP contribution in [0.15, 0.2) is 53.6 Å². The van der Waals surface area contributed by atoms with Crippen molar-refractivity contribution in [2.45, 2.75) is 25.8 Å². The highest BCUT2D eigenvalue weighted by molar-refractivity contribution is 7.81. The maximum absolute atomic E-state index is 14.1. The van der Waals surface area contributed by atoms with E-state index in [0.29, 0.717) is 56.5 Å². The Kier molecular flexibility index (Phi) is 6.63. The minimum Gasteiger partial charge on any atom is -0.493 e. The second-order valence-corrected chi connectivity index (χ2v) is 11.2. The van der Waals surface area contributed by atoms with E-state index in [2.05, 4.69) is 29.7 Å². The summed E-state index contributed by atoms with van der Waals surface area (Å²) in [6, 6.07) is 12.3. The molecule has 0 unspecified atom stereocenters. The van der Waals surface area contributed by atoms with E-state index in [-0.39, 0.29) is 17.2 Å². The lowest BCUT2D eigenvalue weighted by molar-refractivity contribution is 0.146. The summed E-state index contributed by atoms with van der Waals surface area (Å²) in [5.74, 6) is 0.121. The highest BCUT2D eigenvalue weighted by atomic mass is 32.3. The molecule has 6 rings (SSSR count). The van der Waals surface area contributed by atoms with Gasteiger partial charge in [-0.25, -0.2) is 0 Å². The van der Waals surface area contributed by atoms with Crippen LogP contribution in [0.25, 0.3) is 44.0 Å². The number of aromatic nitrogens is 3. The van der Waals surface area contributed by atoms with Crippen LogP contribution >= 0.6 is 0 Å². The Morgan fingerprint density at radius 3 is 2.68 bits per heavy atom. The smallest absolute Gasteiger partial charge is 0.488 e. The summed E-state index contributed by atoms with van der Waals surface area (Å²) < 4.78 is 48.2. The van der Waals surface area contributed by atoms with E-state index >= 15 is 0 Å². The van der Waals surface area contributed by atoms with Crippen molar-refractivity contribution in [1.29, 1.82) is 5.26 Å². The minimum atomic E-state index is -5.25. The monoisotopic (exact) mass is 575 g/mol. The summed E-state index contributed by atoms with van der Waals surface area (Å²) in [6.07, 6.45) is 4.27. The number of pyridine rings is 2. The number of halogens is 1. The Labute approximate surface area is 235 Å². The van der Waals surface area contributed by atoms with Crippen molar-refractivity contribution in [2.75, 3.05) is 26.7 Å². The summed E-state index contributed by atoms with van der Waals surface area (Å²) in [6.45, 7) is 3.95. The van der Waals surface area contributed by atoms with E-state index in [4.69, 9.17) is 4.74 Å². The molecule has 4 heterocycles. The molecule has 1 fully saturated rings. The molecule has 1 aliphatic rings. The number of hydrogen-bond acceptors (Lipinski definition) is 8. The van der Waals surface area contributed by atoms with Crippen molar-refractivity contribution in [3.05, 3.63) is 64.6 Å². The molecule has 1 N–H and O–H groups in total. The van der Waals surface area contributed by atoms with Gasteiger partial charge in [-0.3, -0.25) is 9.78 Å². The molecular weight excluding hydrogens is 549 g/mol. The molecular formula is C29H26FN5O5S. The Morgan fingerprint density at radius 1 is 1.17 bits per heavy atom. The number of nitrogens with one attached hydrogen (secondary N) is 1. The molecule has 0 atom stereocenters. The highest BCUT2D eigenvalue weighted by Gasteiger charge is 2.30. The third-order valence-electron chi connectivity index (χ3n) is 7.36. The van der Waals surface area contributed by atoms with Gasteiger partial charge < -0.3 is 23.4 Å². The second kappa shape index (κ2) is 10.2. The Bertz CT molecular complexity index is 2040. The van der Waals surface area contributed by atoms with Crippen LogP contribution in [0.3, 0.4) is 0 Å². The molecule has 0 aliphatic carbocycles. The topological polar surface area (TPSA) is 130 Å². The van der Waals surface area contributed by atoms with Gasteiger partial charge in [0.2, 0.25) is 0 Å². The first kappa shape index (κ1) is 26.7. The number of aromatic amines is 1. The fourth-order valence-electron chi connectivity index (χ4n) is 5.47. The van der Waals surface area contributed by atoms with Gasteiger partial charge in [0.15, 0.2) is 11.2 Å². The fraction of sp³-hybridized carbons (Fsp3) is 0.276. The SMILES string of the molecule is CCCCOc1cc2c(=O)c3c4ccc(C#N)cc4[nH]c3n(C3CN(C)C3)c2cc1-c1cncc(OS(=O)(=O)F)c1. The number of likely N-dealkylation sites (tertiary alicyclic amines) is 1. The highest BCUT2D eigenvalue weighted by Crippen LogP contribution is 2.39. The van der Waals surface area contributed by atoms with Gasteiger partial charge in [-0.15, -0.1) is 0 Å². The summed E-state index contributed by atoms with van der Waals surface area (Å²) in [5, 5.41) is 11.1. The molecule has 0 bridgehead atoms. The van der Waals surface area contributed by atoms with Crippen LogP contribution < -0.4 is 14.3 Å². The molecule has 0 spiro atoms. The van der Waals surface area contributed by atoms with Gasteiger partial charge in [-0.1, -0.05) is 23.3 Å². The zero-order chi connectivity index (χ0) is 28.9. The summed E-state index contributed by atoms with van der Waals surface area (Å²) in [4.78, 5) is 23.7. The molecule has 5 aromatic rings. The van der Waals surface area contributed by atoms with E-state index in [1.807, 2.05) is 20.0 Å². The number of fused-ring (bicyclic) bond motifs is 4. The van der Waals surface area contributed by atoms with Crippen LogP contribution in [0.2, 0.25) is 0 Å². The molecule has 0 radical (unpaired) electrons. The van der Waals surface area contributed by atoms with Crippen LogP contribution in [0.1, 0.15) is 31.4 Å². The standard InChI is InChI=1S/C29H26FN5O5S/c1-3-4-7-39-26-11-23-25(10-22(26)18-9-20(14-32-13-18)40-41(30,37)38)35(19-15-34(2)16-19)29-27(28(23)36)21-6-5-17(12-31)8-24(21)33-29/h5-6,8-11,13-14,19,33H,3-4,7,15-16H2,1-2H3. The predicted octanol–water partition coefficient (Wildman–Crippen LogP) is 4.83. The van der Waals surface area contributed by atoms with Crippen LogP contribution in [-0.2, 0) is 10.5 Å². The first-order valence-corrected chi connectivity index (χ1v) is 14.5. The molecule has 3 aromatic heterocycles. The number of likely N-dealkylation sites (N-methyl/N-ethyl adjacent to an activating group) is 1. The van der Waals surface area contributed by atoms with Crippen molar-refractivity contribution < 1.29 is 21.2 Å². The Hall–Kier alpha value is -4.47. The molecule has 1 saturated heterocycles. The van der Waals surface area contributed by atoms with Gasteiger partial charge in [0.05, 0.1) is 46.8 Å². The summed E-state index contributed by atoms with van der Waals surface area (Å²) in [7, 11) is -3.23. The zero-order valence-corrected chi connectivity index (χ0v) is 23.2. The first-order valence-electron chi connectivity index (χ1n) is 13.2. The third-order valence-corrected chi connectivity index (χ3v) is 7.75. The van der Waals surface area contributed by atoms with Gasteiger partial charge >= 0.3 is 10.5 Å². The van der Waals surface area contributed by atoms with Gasteiger partial charge in [-0.2, -0.15) is 13.7 Å². The van der Waals surface area contributed by atoms with Gasteiger partial charge in [0.25, 0.3) is 0 Å². The summed E-state index contributed by atoms with van der Waals surface area (Å²) >= 11 is 0. The van der Waals surface area contributed by atoms with E-state index in [0.717, 1.165) is 37.5 Å². The first-order chi connectivity index (χ1) is 19.7. The number of unbranched alkanes of at least 4 members (excludes halogenated alkanes) is 1. The lowest BCUT2D eigenvalue weighted by Crippen LogP contribution is -2.45. The molecule has 1 aliphatic heterocycles. The number of nitrogens with zero attached hydrogens (tertiary/aromatic N) is 4. The average Bonchev–Trinajstić information content (AvgIpc) is 3.30. The van der Waals surface area contributed by atoms with E-state index in [1.54, 1.807) is 24.3 Å². The van der Waals surface area contributed by atoms with Gasteiger partial charge in [0, 0.05) is 41.3 Å². The zero-order valence-electron chi connectivity index (χ0n) is 22.3. The van der Waals surface area contributed by atoms with Crippen molar-refractivity contribution >= 4 is 43.3 Å². The number of nitriles is 1. The normalized spacial score (nSPS) is 14.4. The number of hydrogen-bond donors (Lipinski definition) is 1. The molecule has 10 nitrogen and oxygen atoms in total. The van der Waals surface area contributed by atoms with Crippen LogP contribution in [0, 0.1) is 11.3 Å². The van der Waals surface area contributed by atoms with E-state index < -0.39 is 10.5 Å². The van der Waals surface area contributed by atoms with Gasteiger partial charge in [0.1, 0.15) is 11.4 Å². The second-order valence-electron chi connectivity index (χ2n) is 10.2. The third kappa shape index (κ3) is 4.87. The number of H-pyrrole nitrogens is 1. The molecule has 12 heteroatoms. The molecule has 0 amide bonds. The Balaban J connectivity index is 1.66. The number of ether oxygens (including phenoxy) is 1. The van der Waals surface area contributed by atoms with Crippen LogP contribution in [0.4, 0.5) is 3.89 Å². The lowest BCUT2D eigenvalue weighted by atomic mass is 10.00. The van der Waals surface area contributed by atoms with Crippen molar-refractivity contribution in [1.82, 2.24) is 19.4 Å². The average molecular weight is 576 g/mol. The van der Waals surface area contributed by atoms with Crippen molar-refractivity contribution in [3.8, 4) is 28.7 Å². The van der Waals surface area contributed by atoms with E-state index in [1.165, 1.54) is 12.3 Å². The molecule has 210 valence electrons. The number of benzene rings is 2. The number of rotatable bonds is 8. The van der Waals surface area contributed by atoms with E-state index in [9.17, 15) is 22.4 Å². The molecule has 2 aromatic carbocycles. The van der Waals surface area contributed by atoms with Crippen molar-refractivity contribution in [2.24, 2.45) is 0 Å². The molecule has 0 saturated carbocycles. The maximum atomic E-state index is 14.1. The minimum absolute atomic E-state index is 0.0540. The summed E-state index contributed by atoms with van der Waals surface area (Å²) in [5.41, 5.74) is 3.26. The van der Waals surface area contributed by atoms with Crippen LogP contribution in [-0.4, -0.2) is 54.6 Å². The lowest BCUT2D eigenvalue weighted by Gasteiger charge is -2.39. The predicted molar refractivity (Wildman–Crippen MR) is 153 cm³/mol. The van der Waals surface area contributed by atoms with Crippen LogP contribution in [0.5, 0.6) is 11.5 Å².